The van der Waals surface area contributed by atoms with E-state index < -0.39 is 0 Å². The minimum Gasteiger partial charge on any atom is -0.356 e. The number of hydrogen-bond donors (Lipinski definition) is 1. The molecule has 2 aromatic carbocycles. The van der Waals surface area contributed by atoms with Gasteiger partial charge in [-0.2, -0.15) is 0 Å². The molecule has 0 aliphatic carbocycles. The second kappa shape index (κ2) is 8.33. The van der Waals surface area contributed by atoms with Gasteiger partial charge in [-0.15, -0.1) is 12.4 Å². The fourth-order valence-corrected chi connectivity index (χ4v) is 3.29. The molecule has 1 atom stereocenters. The van der Waals surface area contributed by atoms with Gasteiger partial charge in [-0.05, 0) is 36.2 Å². The lowest BCUT2D eigenvalue weighted by Gasteiger charge is -2.15. The van der Waals surface area contributed by atoms with Gasteiger partial charge < -0.3 is 10.3 Å². The highest BCUT2D eigenvalue weighted by Crippen LogP contribution is 2.33. The third-order valence-electron chi connectivity index (χ3n) is 4.65. The molecule has 0 fully saturated rings. The molecule has 0 amide bonds. The van der Waals surface area contributed by atoms with Crippen molar-refractivity contribution in [3.63, 3.8) is 0 Å². The zero-order valence-electron chi connectivity index (χ0n) is 15.1. The molecule has 0 saturated heterocycles. The van der Waals surface area contributed by atoms with Crippen molar-refractivity contribution >= 4 is 23.4 Å². The van der Waals surface area contributed by atoms with Crippen molar-refractivity contribution in [3.8, 4) is 11.3 Å². The zero-order chi connectivity index (χ0) is 17.9. The molecule has 0 aliphatic heterocycles. The van der Waals surface area contributed by atoms with Gasteiger partial charge >= 0.3 is 0 Å². The minimum atomic E-state index is -0.165. The van der Waals surface area contributed by atoms with Crippen molar-refractivity contribution < 1.29 is 4.52 Å². The topological polar surface area (TPSA) is 64.9 Å². The van der Waals surface area contributed by atoms with Gasteiger partial charge in [-0.3, -0.25) is 4.98 Å². The van der Waals surface area contributed by atoms with Crippen LogP contribution in [-0.4, -0.2) is 10.1 Å². The lowest BCUT2D eigenvalue weighted by atomic mass is 9.94. The molecule has 0 bridgehead atoms. The summed E-state index contributed by atoms with van der Waals surface area (Å²) in [6.45, 7) is 2.11. The summed E-state index contributed by atoms with van der Waals surface area (Å²) in [5, 5.41) is 5.30. The van der Waals surface area contributed by atoms with Crippen molar-refractivity contribution in [1.29, 1.82) is 0 Å². The molecule has 2 aromatic heterocycles. The normalized spacial score (nSPS) is 11.9. The van der Waals surface area contributed by atoms with Crippen LogP contribution in [0.3, 0.4) is 0 Å². The van der Waals surface area contributed by atoms with Crippen LogP contribution in [0.15, 0.2) is 71.3 Å². The van der Waals surface area contributed by atoms with Crippen LogP contribution in [0.4, 0.5) is 0 Å². The summed E-state index contributed by atoms with van der Waals surface area (Å²) in [5.41, 5.74) is 12.3. The quantitative estimate of drug-likeness (QED) is 0.522. The number of pyridine rings is 1. The molecule has 0 saturated carbocycles. The first-order chi connectivity index (χ1) is 12.8. The van der Waals surface area contributed by atoms with Crippen LogP contribution in [0.5, 0.6) is 0 Å². The third-order valence-corrected chi connectivity index (χ3v) is 4.65. The van der Waals surface area contributed by atoms with Crippen molar-refractivity contribution in [2.24, 2.45) is 5.73 Å². The molecular formula is C22H22ClN3O. The number of halogens is 1. The molecule has 0 spiro atoms. The first-order valence-electron chi connectivity index (χ1n) is 8.90. The van der Waals surface area contributed by atoms with Gasteiger partial charge in [0.1, 0.15) is 5.69 Å². The Morgan fingerprint density at radius 2 is 1.67 bits per heavy atom. The van der Waals surface area contributed by atoms with E-state index in [-0.39, 0.29) is 18.4 Å². The molecule has 5 heteroatoms. The Hall–Kier alpha value is -2.69. The number of aryl methyl sites for hydroxylation is 1. The molecule has 2 N–H and O–H groups in total. The van der Waals surface area contributed by atoms with E-state index in [1.807, 2.05) is 54.6 Å². The predicted octanol–water partition coefficient (Wildman–Crippen LogP) is 5.12. The zero-order valence-corrected chi connectivity index (χ0v) is 15.9. The molecule has 4 aromatic rings. The van der Waals surface area contributed by atoms with Crippen LogP contribution in [0.25, 0.3) is 22.2 Å². The largest absolute Gasteiger partial charge is 0.356 e. The number of nitrogens with two attached hydrogens (primary N) is 1. The van der Waals surface area contributed by atoms with E-state index in [1.165, 1.54) is 0 Å². The molecule has 138 valence electrons. The Morgan fingerprint density at radius 3 is 2.52 bits per heavy atom. The molecule has 27 heavy (non-hydrogen) atoms. The number of aromatic nitrogens is 2. The standard InChI is InChI=1S/C22H21N3O.ClH/c1-2-15-8-7-9-16(24-15)14-20(23)17-10-3-4-11-18(17)22-19-12-5-6-13-21(19)26-25-22;/h3-13,20H,2,14,23H2,1H3;1H. The molecule has 0 aliphatic rings. The summed E-state index contributed by atoms with van der Waals surface area (Å²) in [6.07, 6.45) is 1.60. The van der Waals surface area contributed by atoms with E-state index in [0.717, 1.165) is 45.6 Å². The Morgan fingerprint density at radius 1 is 0.926 bits per heavy atom. The third kappa shape index (κ3) is 3.87. The van der Waals surface area contributed by atoms with Crippen LogP contribution in [0.2, 0.25) is 0 Å². The van der Waals surface area contributed by atoms with E-state index in [9.17, 15) is 0 Å². The molecule has 4 rings (SSSR count). The van der Waals surface area contributed by atoms with E-state index in [4.69, 9.17) is 10.3 Å². The fraction of sp³-hybridized carbons (Fsp3) is 0.182. The monoisotopic (exact) mass is 379 g/mol. The number of hydrogen-bond acceptors (Lipinski definition) is 4. The van der Waals surface area contributed by atoms with Crippen molar-refractivity contribution in [2.75, 3.05) is 0 Å². The van der Waals surface area contributed by atoms with Crippen LogP contribution >= 0.6 is 12.4 Å². The summed E-state index contributed by atoms with van der Waals surface area (Å²) in [4.78, 5) is 4.68. The van der Waals surface area contributed by atoms with E-state index in [2.05, 4.69) is 29.2 Å². The first kappa shape index (κ1) is 19.1. The summed E-state index contributed by atoms with van der Waals surface area (Å²) in [6, 6.07) is 22.0. The Labute approximate surface area is 164 Å². The summed E-state index contributed by atoms with van der Waals surface area (Å²) in [7, 11) is 0. The van der Waals surface area contributed by atoms with Gasteiger partial charge in [-0.25, -0.2) is 0 Å². The lowest BCUT2D eigenvalue weighted by Crippen LogP contribution is -2.15. The van der Waals surface area contributed by atoms with Crippen molar-refractivity contribution in [2.45, 2.75) is 25.8 Å². The van der Waals surface area contributed by atoms with Crippen molar-refractivity contribution in [1.82, 2.24) is 10.1 Å². The van der Waals surface area contributed by atoms with Gasteiger partial charge in [0.05, 0.1) is 0 Å². The molecule has 1 unspecified atom stereocenters. The number of rotatable bonds is 5. The SMILES string of the molecule is CCc1cccc(CC(N)c2ccccc2-c2noc3ccccc23)n1.Cl. The number of fused-ring (bicyclic) bond motifs is 1. The van der Waals surface area contributed by atoms with Crippen LogP contribution in [0, 0.1) is 0 Å². The average Bonchev–Trinajstić information content (AvgIpc) is 3.12. The summed E-state index contributed by atoms with van der Waals surface area (Å²) >= 11 is 0. The fourth-order valence-electron chi connectivity index (χ4n) is 3.29. The number of benzene rings is 2. The van der Waals surface area contributed by atoms with Gasteiger partial charge in [-0.1, -0.05) is 54.5 Å². The maximum Gasteiger partial charge on any atom is 0.167 e. The summed E-state index contributed by atoms with van der Waals surface area (Å²) in [5.74, 6) is 0. The van der Waals surface area contributed by atoms with Crippen LogP contribution in [0.1, 0.15) is 29.9 Å². The first-order valence-corrected chi connectivity index (χ1v) is 8.90. The lowest BCUT2D eigenvalue weighted by molar-refractivity contribution is 0.459. The maximum atomic E-state index is 6.57. The number of nitrogens with zero attached hydrogens (tertiary/aromatic N) is 2. The van der Waals surface area contributed by atoms with Gasteiger partial charge in [0.15, 0.2) is 5.58 Å². The second-order valence-electron chi connectivity index (χ2n) is 6.40. The van der Waals surface area contributed by atoms with E-state index in [1.54, 1.807) is 0 Å². The van der Waals surface area contributed by atoms with E-state index in [0.29, 0.717) is 6.42 Å². The van der Waals surface area contributed by atoms with E-state index >= 15 is 0 Å². The second-order valence-corrected chi connectivity index (χ2v) is 6.40. The average molecular weight is 380 g/mol. The maximum absolute atomic E-state index is 6.57. The summed E-state index contributed by atoms with van der Waals surface area (Å²) < 4.78 is 5.48. The Balaban J connectivity index is 0.00000210. The highest BCUT2D eigenvalue weighted by Gasteiger charge is 2.18. The highest BCUT2D eigenvalue weighted by molar-refractivity contribution is 5.92. The number of para-hydroxylation sites is 1. The minimum absolute atomic E-state index is 0. The van der Waals surface area contributed by atoms with Crippen molar-refractivity contribution in [3.05, 3.63) is 83.7 Å². The van der Waals surface area contributed by atoms with Gasteiger partial charge in [0.25, 0.3) is 0 Å². The Kier molecular flexibility index (Phi) is 5.89. The van der Waals surface area contributed by atoms with Crippen LogP contribution < -0.4 is 5.73 Å². The molecular weight excluding hydrogens is 358 g/mol. The molecule has 4 nitrogen and oxygen atoms in total. The van der Waals surface area contributed by atoms with Gasteiger partial charge in [0, 0.05) is 34.8 Å². The molecule has 2 heterocycles. The molecule has 0 radical (unpaired) electrons. The predicted molar refractivity (Wildman–Crippen MR) is 111 cm³/mol. The van der Waals surface area contributed by atoms with Gasteiger partial charge in [0.2, 0.25) is 0 Å². The smallest absolute Gasteiger partial charge is 0.167 e. The Bertz CT molecular complexity index is 1040. The highest BCUT2D eigenvalue weighted by atomic mass is 35.5. The van der Waals surface area contributed by atoms with Crippen LogP contribution in [-0.2, 0) is 12.8 Å².